The first-order valence-corrected chi connectivity index (χ1v) is 9.35. The van der Waals surface area contributed by atoms with Crippen LogP contribution in [0.1, 0.15) is 50.0 Å². The number of ether oxygens (including phenoxy) is 2. The minimum absolute atomic E-state index is 0.126. The molecule has 4 nitrogen and oxygen atoms in total. The summed E-state index contributed by atoms with van der Waals surface area (Å²) >= 11 is 3.51. The van der Waals surface area contributed by atoms with Crippen molar-refractivity contribution in [2.24, 2.45) is 5.92 Å². The number of ketones is 2. The molecule has 1 saturated carbocycles. The van der Waals surface area contributed by atoms with Crippen molar-refractivity contribution in [2.75, 3.05) is 0 Å². The van der Waals surface area contributed by atoms with Crippen LogP contribution in [0, 0.1) is 5.92 Å². The minimum Gasteiger partial charge on any atom is -0.455 e. The molecule has 0 spiro atoms. The summed E-state index contributed by atoms with van der Waals surface area (Å²) in [6, 6.07) is 5.82. The number of hydrogen-bond donors (Lipinski definition) is 0. The van der Waals surface area contributed by atoms with Crippen LogP contribution in [0.5, 0.6) is 5.75 Å². The Balaban J connectivity index is 1.80. The van der Waals surface area contributed by atoms with E-state index in [2.05, 4.69) is 15.9 Å². The number of allylic oxidation sites excluding steroid dienone is 2. The Morgan fingerprint density at radius 3 is 2.83 bits per heavy atom. The number of carbonyl (C=O) groups is 2. The number of rotatable bonds is 0. The molecule has 0 amide bonds. The Morgan fingerprint density at radius 1 is 1.08 bits per heavy atom. The van der Waals surface area contributed by atoms with Gasteiger partial charge in [-0.05, 0) is 31.0 Å². The predicted molar refractivity (Wildman–Crippen MR) is 89.6 cm³/mol. The fourth-order valence-electron chi connectivity index (χ4n) is 4.79. The first-order chi connectivity index (χ1) is 11.6. The highest BCUT2D eigenvalue weighted by Gasteiger charge is 2.62. The second-order valence-electron chi connectivity index (χ2n) is 7.09. The highest BCUT2D eigenvalue weighted by Crippen LogP contribution is 2.59. The monoisotopic (exact) mass is 388 g/mol. The summed E-state index contributed by atoms with van der Waals surface area (Å²) < 4.78 is 13.5. The summed E-state index contributed by atoms with van der Waals surface area (Å²) in [5.74, 6) is 0.219. The quantitative estimate of drug-likeness (QED) is 0.673. The molecule has 24 heavy (non-hydrogen) atoms. The molecule has 5 rings (SSSR count). The van der Waals surface area contributed by atoms with Crippen LogP contribution in [0.15, 0.2) is 34.0 Å². The average molecular weight is 389 g/mol. The Labute approximate surface area is 148 Å². The third-order valence-corrected chi connectivity index (χ3v) is 6.20. The van der Waals surface area contributed by atoms with E-state index in [-0.39, 0.29) is 17.5 Å². The molecule has 5 heteroatoms. The van der Waals surface area contributed by atoms with E-state index >= 15 is 0 Å². The van der Waals surface area contributed by atoms with Gasteiger partial charge in [0.2, 0.25) is 0 Å². The molecule has 4 aliphatic rings. The molecule has 2 aliphatic carbocycles. The number of hydrogen-bond acceptors (Lipinski definition) is 4. The Kier molecular flexibility index (Phi) is 3.03. The van der Waals surface area contributed by atoms with Crippen molar-refractivity contribution in [3.63, 3.8) is 0 Å². The molecule has 1 fully saturated rings. The second kappa shape index (κ2) is 4.94. The van der Waals surface area contributed by atoms with E-state index in [1.165, 1.54) is 0 Å². The number of fused-ring (bicyclic) bond motifs is 3. The SMILES string of the molecule is O=C1CCCC2=C1C1c3cc(Br)ccc3OC3(CCCC(=O)C13)O2. The molecule has 3 unspecified atom stereocenters. The molecule has 0 N–H and O–H groups in total. The maximum atomic E-state index is 12.8. The molecule has 3 atom stereocenters. The fraction of sp³-hybridized carbons (Fsp3) is 0.474. The smallest absolute Gasteiger partial charge is 0.261 e. The van der Waals surface area contributed by atoms with Crippen LogP contribution >= 0.6 is 15.9 Å². The molecular weight excluding hydrogens is 372 g/mol. The van der Waals surface area contributed by atoms with Crippen molar-refractivity contribution < 1.29 is 19.1 Å². The van der Waals surface area contributed by atoms with Gasteiger partial charge in [-0.25, -0.2) is 0 Å². The van der Waals surface area contributed by atoms with Crippen molar-refractivity contribution in [2.45, 2.75) is 50.2 Å². The summed E-state index contributed by atoms with van der Waals surface area (Å²) in [7, 11) is 0. The zero-order chi connectivity index (χ0) is 16.5. The van der Waals surface area contributed by atoms with Crippen LogP contribution in [-0.4, -0.2) is 17.4 Å². The van der Waals surface area contributed by atoms with Gasteiger partial charge in [-0.1, -0.05) is 15.9 Å². The van der Waals surface area contributed by atoms with Crippen LogP contribution in [0.4, 0.5) is 0 Å². The molecular formula is C19H17BrO4. The predicted octanol–water partition coefficient (Wildman–Crippen LogP) is 4.03. The molecule has 1 aromatic rings. The highest BCUT2D eigenvalue weighted by atomic mass is 79.9. The highest BCUT2D eigenvalue weighted by molar-refractivity contribution is 9.10. The van der Waals surface area contributed by atoms with Crippen LogP contribution in [0.3, 0.4) is 0 Å². The van der Waals surface area contributed by atoms with Crippen LogP contribution in [0.25, 0.3) is 0 Å². The first kappa shape index (κ1) is 14.7. The van der Waals surface area contributed by atoms with Gasteiger partial charge in [0.1, 0.15) is 23.2 Å². The summed E-state index contributed by atoms with van der Waals surface area (Å²) in [6.07, 6.45) is 4.11. The summed E-state index contributed by atoms with van der Waals surface area (Å²) in [5.41, 5.74) is 1.66. The topological polar surface area (TPSA) is 52.6 Å². The number of Topliss-reactive ketones (excluding diaryl/α,β-unsaturated/α-hetero) is 2. The molecule has 2 heterocycles. The van der Waals surface area contributed by atoms with Gasteiger partial charge in [-0.3, -0.25) is 9.59 Å². The molecule has 0 saturated heterocycles. The Hall–Kier alpha value is -1.62. The number of benzene rings is 1. The van der Waals surface area contributed by atoms with Crippen LogP contribution in [0.2, 0.25) is 0 Å². The number of halogens is 1. The van der Waals surface area contributed by atoms with Crippen molar-refractivity contribution in [3.05, 3.63) is 39.6 Å². The van der Waals surface area contributed by atoms with Crippen molar-refractivity contribution in [1.29, 1.82) is 0 Å². The number of carbonyl (C=O) groups excluding carboxylic acids is 2. The van der Waals surface area contributed by atoms with Crippen molar-refractivity contribution in [1.82, 2.24) is 0 Å². The lowest BCUT2D eigenvalue weighted by atomic mass is 9.64. The molecule has 0 radical (unpaired) electrons. The molecule has 2 bridgehead atoms. The Bertz CT molecular complexity index is 812. The average Bonchev–Trinajstić information content (AvgIpc) is 2.55. The van der Waals surface area contributed by atoms with Gasteiger partial charge in [-0.2, -0.15) is 0 Å². The summed E-state index contributed by atoms with van der Waals surface area (Å²) in [6.45, 7) is 0. The van der Waals surface area contributed by atoms with Crippen molar-refractivity contribution in [3.8, 4) is 5.75 Å². The van der Waals surface area contributed by atoms with E-state index in [1.807, 2.05) is 18.2 Å². The third-order valence-electron chi connectivity index (χ3n) is 5.71. The van der Waals surface area contributed by atoms with Gasteiger partial charge in [0.15, 0.2) is 5.78 Å². The zero-order valence-corrected chi connectivity index (χ0v) is 14.7. The molecule has 2 aliphatic heterocycles. The van der Waals surface area contributed by atoms with Gasteiger partial charge in [0.05, 0.1) is 0 Å². The maximum Gasteiger partial charge on any atom is 0.261 e. The third kappa shape index (κ3) is 1.85. The van der Waals surface area contributed by atoms with Gasteiger partial charge in [-0.15, -0.1) is 0 Å². The lowest BCUT2D eigenvalue weighted by molar-refractivity contribution is -0.228. The van der Waals surface area contributed by atoms with E-state index in [0.717, 1.165) is 46.4 Å². The molecule has 124 valence electrons. The van der Waals surface area contributed by atoms with E-state index < -0.39 is 11.7 Å². The lowest BCUT2D eigenvalue weighted by Gasteiger charge is -2.54. The lowest BCUT2D eigenvalue weighted by Crippen LogP contribution is -2.60. The zero-order valence-electron chi connectivity index (χ0n) is 13.1. The fourth-order valence-corrected chi connectivity index (χ4v) is 5.17. The van der Waals surface area contributed by atoms with Crippen LogP contribution < -0.4 is 4.74 Å². The largest absolute Gasteiger partial charge is 0.455 e. The first-order valence-electron chi connectivity index (χ1n) is 8.55. The van der Waals surface area contributed by atoms with E-state index in [4.69, 9.17) is 9.47 Å². The van der Waals surface area contributed by atoms with Gasteiger partial charge in [0, 0.05) is 47.2 Å². The standard InChI is InChI=1S/C19H17BrO4/c20-10-6-7-14-11(9-10)16-17-12(21)3-1-5-15(17)24-19(23-14)8-2-4-13(22)18(16)19/h6-7,9,16,18H,1-5,8H2. The van der Waals surface area contributed by atoms with Gasteiger partial charge >= 0.3 is 0 Å². The minimum atomic E-state index is -0.919. The van der Waals surface area contributed by atoms with E-state index in [9.17, 15) is 9.59 Å². The van der Waals surface area contributed by atoms with Crippen LogP contribution in [-0.2, 0) is 14.3 Å². The second-order valence-corrected chi connectivity index (χ2v) is 8.00. The summed E-state index contributed by atoms with van der Waals surface area (Å²) in [5, 5.41) is 0. The van der Waals surface area contributed by atoms with Gasteiger partial charge < -0.3 is 9.47 Å². The van der Waals surface area contributed by atoms with E-state index in [1.54, 1.807) is 0 Å². The summed E-state index contributed by atoms with van der Waals surface area (Å²) in [4.78, 5) is 25.5. The molecule has 1 aromatic carbocycles. The molecule has 0 aromatic heterocycles. The van der Waals surface area contributed by atoms with Crippen molar-refractivity contribution >= 4 is 27.5 Å². The Morgan fingerprint density at radius 2 is 1.96 bits per heavy atom. The van der Waals surface area contributed by atoms with Gasteiger partial charge in [0.25, 0.3) is 5.79 Å². The normalized spacial score (nSPS) is 33.9. The maximum absolute atomic E-state index is 12.8. The van der Waals surface area contributed by atoms with E-state index in [0.29, 0.717) is 19.3 Å².